The maximum Gasteiger partial charge on any atom is 0.247 e. The minimum absolute atomic E-state index is 0.128. The van der Waals surface area contributed by atoms with E-state index in [2.05, 4.69) is 0 Å². The van der Waals surface area contributed by atoms with Gasteiger partial charge in [0.25, 0.3) is 0 Å². The fourth-order valence-corrected chi connectivity index (χ4v) is 1.19. The van der Waals surface area contributed by atoms with Crippen LogP contribution >= 0.6 is 0 Å². The van der Waals surface area contributed by atoms with Crippen molar-refractivity contribution in [1.82, 2.24) is 0 Å². The number of rotatable bonds is 2. The number of aryl methyl sites for hydroxylation is 1. The van der Waals surface area contributed by atoms with Crippen LogP contribution in [-0.2, 0) is 9.63 Å². The largest absolute Gasteiger partial charge is 0.273 e. The molecule has 3 heteroatoms. The number of hydroxylamine groups is 1. The molecule has 0 radical (unpaired) electrons. The minimum Gasteiger partial charge on any atom is -0.273 e. The normalized spacial score (nSPS) is 8.87. The van der Waals surface area contributed by atoms with Gasteiger partial charge in [-0.1, -0.05) is 32.0 Å². The zero-order chi connectivity index (χ0) is 11.8. The number of carbonyl (C=O) groups is 1. The Hall–Kier alpha value is -1.35. The van der Waals surface area contributed by atoms with Crippen LogP contribution in [0.4, 0.5) is 5.69 Å². The molecule has 0 N–H and O–H groups in total. The lowest BCUT2D eigenvalue weighted by atomic mass is 10.2. The van der Waals surface area contributed by atoms with Crippen molar-refractivity contribution in [2.75, 3.05) is 12.2 Å². The molecule has 0 atom stereocenters. The molecule has 0 fully saturated rings. The van der Waals surface area contributed by atoms with Crippen LogP contribution in [0.1, 0.15) is 26.3 Å². The first-order valence-electron chi connectivity index (χ1n) is 5.07. The predicted octanol–water partition coefficient (Wildman–Crippen LogP) is 2.94. The van der Waals surface area contributed by atoms with Crippen molar-refractivity contribution < 1.29 is 9.63 Å². The van der Waals surface area contributed by atoms with E-state index in [9.17, 15) is 4.79 Å². The topological polar surface area (TPSA) is 29.5 Å². The van der Waals surface area contributed by atoms with E-state index in [1.807, 2.05) is 45.0 Å². The Morgan fingerprint density at radius 1 is 1.27 bits per heavy atom. The first-order valence-corrected chi connectivity index (χ1v) is 5.07. The lowest BCUT2D eigenvalue weighted by Gasteiger charge is -2.19. The summed E-state index contributed by atoms with van der Waals surface area (Å²) in [6.07, 6.45) is 0. The fourth-order valence-electron chi connectivity index (χ4n) is 1.19. The first-order chi connectivity index (χ1) is 7.16. The van der Waals surface area contributed by atoms with Gasteiger partial charge in [0.05, 0.1) is 12.8 Å². The van der Waals surface area contributed by atoms with E-state index in [0.29, 0.717) is 0 Å². The number of hydrogen-bond donors (Lipinski definition) is 0. The summed E-state index contributed by atoms with van der Waals surface area (Å²) < 4.78 is 0. The Kier molecular flexibility index (Phi) is 6.38. The van der Waals surface area contributed by atoms with Gasteiger partial charge in [0.15, 0.2) is 0 Å². The second kappa shape index (κ2) is 7.01. The smallest absolute Gasteiger partial charge is 0.247 e. The van der Waals surface area contributed by atoms with Gasteiger partial charge in [0, 0.05) is 6.92 Å². The predicted molar refractivity (Wildman–Crippen MR) is 62.7 cm³/mol. The van der Waals surface area contributed by atoms with Gasteiger partial charge < -0.3 is 0 Å². The zero-order valence-corrected chi connectivity index (χ0v) is 10.1. The van der Waals surface area contributed by atoms with Gasteiger partial charge >= 0.3 is 0 Å². The summed E-state index contributed by atoms with van der Waals surface area (Å²) in [6.45, 7) is 7.40. The van der Waals surface area contributed by atoms with Gasteiger partial charge in [-0.3, -0.25) is 9.63 Å². The second-order valence-electron chi connectivity index (χ2n) is 2.78. The number of carbonyl (C=O) groups excluding carboxylic acids is 1. The highest BCUT2D eigenvalue weighted by atomic mass is 16.7. The molecule has 0 aromatic heterocycles. The Morgan fingerprint density at radius 3 is 2.20 bits per heavy atom. The maximum absolute atomic E-state index is 11.1. The number of para-hydroxylation sites is 1. The Morgan fingerprint density at radius 2 is 1.80 bits per heavy atom. The lowest BCUT2D eigenvalue weighted by Crippen LogP contribution is -2.27. The molecule has 0 saturated heterocycles. The molecule has 1 aromatic carbocycles. The van der Waals surface area contributed by atoms with Gasteiger partial charge in [-0.2, -0.15) is 5.06 Å². The standard InChI is InChI=1S/C10H13NO2.C2H6/c1-8-6-4-5-7-10(8)11(13-3)9(2)12;1-2/h4-7H,1-3H3;1-2H3. The molecule has 1 rings (SSSR count). The number of hydrogen-bond acceptors (Lipinski definition) is 2. The monoisotopic (exact) mass is 209 g/mol. The lowest BCUT2D eigenvalue weighted by molar-refractivity contribution is -0.122. The minimum atomic E-state index is -0.128. The number of anilines is 1. The molecule has 0 bridgehead atoms. The quantitative estimate of drug-likeness (QED) is 0.701. The van der Waals surface area contributed by atoms with Crippen LogP contribution in [0.25, 0.3) is 0 Å². The van der Waals surface area contributed by atoms with Crippen LogP contribution in [-0.4, -0.2) is 13.0 Å². The van der Waals surface area contributed by atoms with E-state index < -0.39 is 0 Å². The highest BCUT2D eigenvalue weighted by Gasteiger charge is 2.11. The average molecular weight is 209 g/mol. The maximum atomic E-state index is 11.1. The summed E-state index contributed by atoms with van der Waals surface area (Å²) in [5, 5.41) is 1.27. The van der Waals surface area contributed by atoms with Crippen LogP contribution < -0.4 is 5.06 Å². The summed E-state index contributed by atoms with van der Waals surface area (Å²) >= 11 is 0. The van der Waals surface area contributed by atoms with Crippen LogP contribution in [0.5, 0.6) is 0 Å². The first kappa shape index (κ1) is 13.7. The third-order valence-electron chi connectivity index (χ3n) is 1.80. The van der Waals surface area contributed by atoms with Gasteiger partial charge in [-0.15, -0.1) is 0 Å². The SMILES string of the molecule is CC.CON(C(C)=O)c1ccccc1C. The van der Waals surface area contributed by atoms with Crippen molar-refractivity contribution >= 4 is 11.6 Å². The van der Waals surface area contributed by atoms with Crippen molar-refractivity contribution in [3.8, 4) is 0 Å². The fraction of sp³-hybridized carbons (Fsp3) is 0.417. The molecular weight excluding hydrogens is 190 g/mol. The van der Waals surface area contributed by atoms with Crippen molar-refractivity contribution in [2.45, 2.75) is 27.7 Å². The van der Waals surface area contributed by atoms with E-state index >= 15 is 0 Å². The van der Waals surface area contributed by atoms with Gasteiger partial charge in [-0.05, 0) is 18.6 Å². The van der Waals surface area contributed by atoms with E-state index in [1.165, 1.54) is 19.1 Å². The van der Waals surface area contributed by atoms with Gasteiger partial charge in [-0.25, -0.2) is 0 Å². The van der Waals surface area contributed by atoms with Crippen LogP contribution in [0, 0.1) is 6.92 Å². The van der Waals surface area contributed by atoms with Gasteiger partial charge in [0.2, 0.25) is 5.91 Å². The summed E-state index contributed by atoms with van der Waals surface area (Å²) in [5.74, 6) is -0.128. The molecule has 0 aliphatic carbocycles. The highest BCUT2D eigenvalue weighted by molar-refractivity contribution is 5.90. The average Bonchev–Trinajstić information content (AvgIpc) is 2.24. The summed E-state index contributed by atoms with van der Waals surface area (Å²) in [5.41, 5.74) is 1.80. The van der Waals surface area contributed by atoms with Crippen molar-refractivity contribution in [1.29, 1.82) is 0 Å². The molecule has 15 heavy (non-hydrogen) atoms. The summed E-state index contributed by atoms with van der Waals surface area (Å²) in [4.78, 5) is 16.1. The molecule has 0 aliphatic rings. The van der Waals surface area contributed by atoms with Crippen molar-refractivity contribution in [3.63, 3.8) is 0 Å². The summed E-state index contributed by atoms with van der Waals surface area (Å²) in [6, 6.07) is 7.58. The van der Waals surface area contributed by atoms with E-state index in [-0.39, 0.29) is 5.91 Å². The summed E-state index contributed by atoms with van der Waals surface area (Å²) in [7, 11) is 1.48. The van der Waals surface area contributed by atoms with Crippen LogP contribution in [0.15, 0.2) is 24.3 Å². The molecule has 0 aliphatic heterocycles. The Labute approximate surface area is 91.6 Å². The molecule has 84 valence electrons. The van der Waals surface area contributed by atoms with E-state index in [0.717, 1.165) is 11.3 Å². The van der Waals surface area contributed by atoms with Crippen LogP contribution in [0.2, 0.25) is 0 Å². The molecule has 1 amide bonds. The number of benzene rings is 1. The number of nitrogens with zero attached hydrogens (tertiary/aromatic N) is 1. The molecule has 1 aromatic rings. The van der Waals surface area contributed by atoms with Crippen LogP contribution in [0.3, 0.4) is 0 Å². The molecular formula is C12H19NO2. The van der Waals surface area contributed by atoms with E-state index in [1.54, 1.807) is 0 Å². The molecule has 3 nitrogen and oxygen atoms in total. The van der Waals surface area contributed by atoms with Gasteiger partial charge in [0.1, 0.15) is 0 Å². The molecule has 0 heterocycles. The third kappa shape index (κ3) is 3.72. The second-order valence-corrected chi connectivity index (χ2v) is 2.78. The van der Waals surface area contributed by atoms with E-state index in [4.69, 9.17) is 4.84 Å². The number of amides is 1. The molecule has 0 unspecified atom stereocenters. The third-order valence-corrected chi connectivity index (χ3v) is 1.80. The Balaban J connectivity index is 0.000000921. The highest BCUT2D eigenvalue weighted by Crippen LogP contribution is 2.19. The van der Waals surface area contributed by atoms with Crippen molar-refractivity contribution in [3.05, 3.63) is 29.8 Å². The Bertz CT molecular complexity index is 310. The molecule has 0 saturated carbocycles. The van der Waals surface area contributed by atoms with Crippen molar-refractivity contribution in [2.24, 2.45) is 0 Å². The zero-order valence-electron chi connectivity index (χ0n) is 10.1. The molecule has 0 spiro atoms.